The first kappa shape index (κ1) is 20.2. The maximum absolute atomic E-state index is 3.74. The summed E-state index contributed by atoms with van der Waals surface area (Å²) in [4.78, 5) is 0. The van der Waals surface area contributed by atoms with Crippen LogP contribution in [0.2, 0.25) is 0 Å². The lowest BCUT2D eigenvalue weighted by Gasteiger charge is -2.34. The van der Waals surface area contributed by atoms with E-state index in [1.54, 1.807) is 0 Å². The van der Waals surface area contributed by atoms with Crippen LogP contribution in [0.15, 0.2) is 132 Å². The van der Waals surface area contributed by atoms with Crippen LogP contribution in [0.5, 0.6) is 0 Å². The predicted octanol–water partition coefficient (Wildman–Crippen LogP) is 8.40. The van der Waals surface area contributed by atoms with Crippen molar-refractivity contribution < 1.29 is 0 Å². The molecule has 1 aliphatic rings. The van der Waals surface area contributed by atoms with Crippen LogP contribution < -0.4 is 0 Å². The highest BCUT2D eigenvalue weighted by Gasteiger charge is 2.45. The van der Waals surface area contributed by atoms with Gasteiger partial charge in [0.05, 0.1) is 5.41 Å². The van der Waals surface area contributed by atoms with Crippen molar-refractivity contribution in [1.82, 2.24) is 0 Å². The summed E-state index contributed by atoms with van der Waals surface area (Å²) in [7, 11) is 0. The fourth-order valence-corrected chi connectivity index (χ4v) is 5.89. The molecule has 0 saturated heterocycles. The Morgan fingerprint density at radius 1 is 0.515 bits per heavy atom. The third-order valence-electron chi connectivity index (χ3n) is 6.88. The van der Waals surface area contributed by atoms with E-state index < -0.39 is 0 Å². The van der Waals surface area contributed by atoms with Crippen molar-refractivity contribution in [2.45, 2.75) is 11.8 Å². The lowest BCUT2D eigenvalue weighted by atomic mass is 9.67. The number of rotatable bonds is 4. The van der Waals surface area contributed by atoms with E-state index in [4.69, 9.17) is 0 Å². The van der Waals surface area contributed by atoms with Crippen molar-refractivity contribution in [2.24, 2.45) is 0 Å². The van der Waals surface area contributed by atoms with Crippen molar-refractivity contribution >= 4 is 15.9 Å². The standard InChI is InChI=1S/C32H23Br/c33-31-18-10-7-11-24(31)21-23-19-20-28-27-16-8-9-17-29(27)32(30(28)22-23,25-12-3-1-4-13-25)26-14-5-2-6-15-26/h1-20,22H,21H2. The van der Waals surface area contributed by atoms with Crippen molar-refractivity contribution in [3.8, 4) is 11.1 Å². The SMILES string of the molecule is Brc1ccccc1Cc1ccc2c(c1)C(c1ccccc1)(c1ccccc1)c1ccccc1-2. The van der Waals surface area contributed by atoms with Gasteiger partial charge < -0.3 is 0 Å². The largest absolute Gasteiger partial charge is 0.0713 e. The maximum atomic E-state index is 3.74. The molecule has 0 heterocycles. The fraction of sp³-hybridized carbons (Fsp3) is 0.0625. The molecule has 0 aliphatic heterocycles. The number of halogens is 1. The van der Waals surface area contributed by atoms with E-state index in [9.17, 15) is 0 Å². The third kappa shape index (κ3) is 3.19. The molecule has 0 aromatic heterocycles. The quantitative estimate of drug-likeness (QED) is 0.234. The van der Waals surface area contributed by atoms with E-state index in [1.165, 1.54) is 44.5 Å². The minimum absolute atomic E-state index is 0.335. The molecule has 6 rings (SSSR count). The maximum Gasteiger partial charge on any atom is 0.0713 e. The summed E-state index contributed by atoms with van der Waals surface area (Å²) in [6.07, 6.45) is 0.894. The van der Waals surface area contributed by atoms with E-state index >= 15 is 0 Å². The molecule has 0 unspecified atom stereocenters. The zero-order valence-corrected chi connectivity index (χ0v) is 19.8. The van der Waals surface area contributed by atoms with Crippen LogP contribution >= 0.6 is 15.9 Å². The number of benzene rings is 5. The minimum Gasteiger partial charge on any atom is -0.0622 e. The van der Waals surface area contributed by atoms with Crippen LogP contribution in [-0.2, 0) is 11.8 Å². The minimum atomic E-state index is -0.335. The first-order chi connectivity index (χ1) is 16.3. The van der Waals surface area contributed by atoms with E-state index in [1.807, 2.05) is 0 Å². The highest BCUT2D eigenvalue weighted by atomic mass is 79.9. The van der Waals surface area contributed by atoms with Crippen molar-refractivity contribution in [3.63, 3.8) is 0 Å². The summed E-state index contributed by atoms with van der Waals surface area (Å²) < 4.78 is 1.16. The van der Waals surface area contributed by atoms with Crippen LogP contribution in [-0.4, -0.2) is 0 Å². The van der Waals surface area contributed by atoms with Gasteiger partial charge in [0.15, 0.2) is 0 Å². The van der Waals surface area contributed by atoms with Gasteiger partial charge in [0, 0.05) is 4.47 Å². The molecule has 0 nitrogen and oxygen atoms in total. The van der Waals surface area contributed by atoms with Gasteiger partial charge in [0.25, 0.3) is 0 Å². The van der Waals surface area contributed by atoms with E-state index in [0.717, 1.165) is 10.9 Å². The first-order valence-corrected chi connectivity index (χ1v) is 12.2. The van der Waals surface area contributed by atoms with Crippen LogP contribution in [0.3, 0.4) is 0 Å². The average Bonchev–Trinajstić information content (AvgIpc) is 3.17. The lowest BCUT2D eigenvalue weighted by Crippen LogP contribution is -2.28. The zero-order valence-electron chi connectivity index (χ0n) is 18.2. The molecule has 158 valence electrons. The summed E-state index contributed by atoms with van der Waals surface area (Å²) in [6.45, 7) is 0. The smallest absolute Gasteiger partial charge is 0.0622 e. The van der Waals surface area contributed by atoms with Gasteiger partial charge in [-0.3, -0.25) is 0 Å². The topological polar surface area (TPSA) is 0 Å². The second-order valence-corrected chi connectivity index (χ2v) is 9.53. The molecule has 0 fully saturated rings. The molecule has 0 N–H and O–H groups in total. The monoisotopic (exact) mass is 486 g/mol. The Bertz CT molecular complexity index is 1390. The summed E-state index contributed by atoms with van der Waals surface area (Å²) in [5, 5.41) is 0. The van der Waals surface area contributed by atoms with Crippen molar-refractivity contribution in [3.05, 3.63) is 165 Å². The van der Waals surface area contributed by atoms with Gasteiger partial charge in [0.1, 0.15) is 0 Å². The molecule has 0 spiro atoms. The van der Waals surface area contributed by atoms with Gasteiger partial charge in [-0.1, -0.05) is 137 Å². The van der Waals surface area contributed by atoms with Crippen molar-refractivity contribution in [1.29, 1.82) is 0 Å². The van der Waals surface area contributed by atoms with Gasteiger partial charge in [-0.2, -0.15) is 0 Å². The van der Waals surface area contributed by atoms with Crippen LogP contribution in [0.25, 0.3) is 11.1 Å². The Labute approximate surface area is 203 Å². The first-order valence-electron chi connectivity index (χ1n) is 11.4. The van der Waals surface area contributed by atoms with Gasteiger partial charge in [-0.15, -0.1) is 0 Å². The average molecular weight is 487 g/mol. The van der Waals surface area contributed by atoms with Crippen LogP contribution in [0.1, 0.15) is 33.4 Å². The van der Waals surface area contributed by atoms with Gasteiger partial charge in [-0.05, 0) is 57.0 Å². The van der Waals surface area contributed by atoms with E-state index in [2.05, 4.69) is 143 Å². The lowest BCUT2D eigenvalue weighted by molar-refractivity contribution is 0.767. The molecule has 1 aliphatic carbocycles. The summed E-state index contributed by atoms with van der Waals surface area (Å²) in [5.74, 6) is 0. The Hall–Kier alpha value is -3.42. The van der Waals surface area contributed by atoms with Crippen molar-refractivity contribution in [2.75, 3.05) is 0 Å². The summed E-state index contributed by atoms with van der Waals surface area (Å²) >= 11 is 3.74. The van der Waals surface area contributed by atoms with Gasteiger partial charge in [-0.25, -0.2) is 0 Å². The van der Waals surface area contributed by atoms with Crippen LogP contribution in [0.4, 0.5) is 0 Å². The molecule has 0 amide bonds. The number of fused-ring (bicyclic) bond motifs is 3. The van der Waals surface area contributed by atoms with Gasteiger partial charge in [0.2, 0.25) is 0 Å². The highest BCUT2D eigenvalue weighted by molar-refractivity contribution is 9.10. The molecule has 0 bridgehead atoms. The Morgan fingerprint density at radius 2 is 1.09 bits per heavy atom. The number of hydrogen-bond donors (Lipinski definition) is 0. The van der Waals surface area contributed by atoms with Gasteiger partial charge >= 0.3 is 0 Å². The Balaban J connectivity index is 1.65. The van der Waals surface area contributed by atoms with Crippen LogP contribution in [0, 0.1) is 0 Å². The molecule has 33 heavy (non-hydrogen) atoms. The number of hydrogen-bond acceptors (Lipinski definition) is 0. The molecule has 0 radical (unpaired) electrons. The third-order valence-corrected chi connectivity index (χ3v) is 7.65. The molecule has 5 aromatic carbocycles. The molecule has 5 aromatic rings. The zero-order chi connectivity index (χ0) is 22.3. The Kier molecular flexibility index (Phi) is 5.00. The highest BCUT2D eigenvalue weighted by Crippen LogP contribution is 2.56. The predicted molar refractivity (Wildman–Crippen MR) is 141 cm³/mol. The second kappa shape index (κ2) is 8.17. The van der Waals surface area contributed by atoms with E-state index in [0.29, 0.717) is 0 Å². The fourth-order valence-electron chi connectivity index (χ4n) is 5.46. The summed E-state index contributed by atoms with van der Waals surface area (Å²) in [6, 6.07) is 46.4. The normalized spacial score (nSPS) is 13.4. The Morgan fingerprint density at radius 3 is 1.79 bits per heavy atom. The second-order valence-electron chi connectivity index (χ2n) is 8.68. The summed E-state index contributed by atoms with van der Waals surface area (Å²) in [5.41, 5.74) is 10.3. The molecular weight excluding hydrogens is 464 g/mol. The molecule has 1 heteroatoms. The van der Waals surface area contributed by atoms with E-state index in [-0.39, 0.29) is 5.41 Å². The molecule has 0 atom stereocenters. The molecule has 0 saturated carbocycles. The molecular formula is C32H23Br.